The normalized spacial score (nSPS) is 10.7. The summed E-state index contributed by atoms with van der Waals surface area (Å²) >= 11 is 1.40. The van der Waals surface area contributed by atoms with Gasteiger partial charge in [-0.05, 0) is 47.5 Å². The van der Waals surface area contributed by atoms with Crippen LogP contribution in [0.3, 0.4) is 0 Å². The maximum Gasteiger partial charge on any atom is 0.228 e. The minimum atomic E-state index is -0.126. The Bertz CT molecular complexity index is 875. The molecule has 3 aromatic rings. The Balaban J connectivity index is 1.68. The van der Waals surface area contributed by atoms with E-state index >= 15 is 0 Å². The average Bonchev–Trinajstić information content (AvgIpc) is 3.26. The topological polar surface area (TPSA) is 94.8 Å². The quantitative estimate of drug-likeness (QED) is 0.727. The van der Waals surface area contributed by atoms with Gasteiger partial charge < -0.3 is 10.1 Å². The molecule has 0 bridgehead atoms. The van der Waals surface area contributed by atoms with Crippen molar-refractivity contribution in [3.8, 4) is 17.0 Å². The Labute approximate surface area is 148 Å². The molecule has 0 atom stereocenters. The molecular weight excluding hydrogens is 340 g/mol. The van der Waals surface area contributed by atoms with E-state index in [4.69, 9.17) is 4.74 Å². The number of nitrogens with one attached hydrogen (secondary N) is 1. The van der Waals surface area contributed by atoms with Crippen molar-refractivity contribution in [3.63, 3.8) is 0 Å². The van der Waals surface area contributed by atoms with Crippen LogP contribution >= 0.6 is 11.3 Å². The lowest BCUT2D eigenvalue weighted by atomic mass is 10.0. The number of carbonyl (C=O) groups excluding carboxylic acids is 1. The monoisotopic (exact) mass is 358 g/mol. The summed E-state index contributed by atoms with van der Waals surface area (Å²) in [5.41, 5.74) is 3.99. The molecule has 130 valence electrons. The fourth-order valence-electron chi connectivity index (χ4n) is 2.42. The van der Waals surface area contributed by atoms with Crippen LogP contribution in [0.25, 0.3) is 11.3 Å². The van der Waals surface area contributed by atoms with Crippen LogP contribution in [0.15, 0.2) is 23.8 Å². The van der Waals surface area contributed by atoms with Crippen molar-refractivity contribution < 1.29 is 9.53 Å². The van der Waals surface area contributed by atoms with Crippen LogP contribution in [-0.2, 0) is 11.3 Å². The molecule has 2 aromatic heterocycles. The molecule has 9 heteroatoms. The summed E-state index contributed by atoms with van der Waals surface area (Å²) < 4.78 is 6.85. The van der Waals surface area contributed by atoms with Crippen LogP contribution in [0.2, 0.25) is 0 Å². The summed E-state index contributed by atoms with van der Waals surface area (Å²) in [6.45, 7) is 4.44. The van der Waals surface area contributed by atoms with Gasteiger partial charge in [0.2, 0.25) is 5.91 Å². The Morgan fingerprint density at radius 3 is 2.88 bits per heavy atom. The summed E-state index contributed by atoms with van der Waals surface area (Å²) in [4.78, 5) is 16.5. The number of ether oxygens (including phenoxy) is 1. The first kappa shape index (κ1) is 17.0. The second-order valence-corrected chi connectivity index (χ2v) is 6.40. The molecule has 2 heterocycles. The zero-order chi connectivity index (χ0) is 17.8. The number of nitrogens with zero attached hydrogens (tertiary/aromatic N) is 5. The molecule has 0 aliphatic carbocycles. The van der Waals surface area contributed by atoms with Gasteiger partial charge in [0.15, 0.2) is 5.13 Å². The van der Waals surface area contributed by atoms with Gasteiger partial charge in [0, 0.05) is 17.4 Å². The van der Waals surface area contributed by atoms with Crippen LogP contribution in [0.1, 0.15) is 17.5 Å². The molecule has 0 spiro atoms. The SMILES string of the molecule is COc1cc(C)c(-c2csc(NC(=O)CCn3cnnn3)n2)cc1C. The van der Waals surface area contributed by atoms with E-state index in [1.807, 2.05) is 31.4 Å². The standard InChI is InChI=1S/C16H18N6O2S/c1-10-7-14(24-3)11(2)6-12(10)13-8-25-16(18-13)19-15(23)4-5-22-9-17-20-21-22/h6-9H,4-5H2,1-3H3,(H,18,19,23). The fourth-order valence-corrected chi connectivity index (χ4v) is 3.15. The molecule has 0 fully saturated rings. The van der Waals surface area contributed by atoms with E-state index in [1.165, 1.54) is 22.3 Å². The Kier molecular flexibility index (Phi) is 5.03. The highest BCUT2D eigenvalue weighted by molar-refractivity contribution is 7.14. The number of aromatic nitrogens is 5. The van der Waals surface area contributed by atoms with E-state index < -0.39 is 0 Å². The lowest BCUT2D eigenvalue weighted by molar-refractivity contribution is -0.116. The number of hydrogen-bond donors (Lipinski definition) is 1. The molecule has 0 aliphatic rings. The van der Waals surface area contributed by atoms with Gasteiger partial charge in [0.05, 0.1) is 19.3 Å². The summed E-state index contributed by atoms with van der Waals surface area (Å²) in [5, 5.41) is 16.1. The van der Waals surface area contributed by atoms with Crippen LogP contribution in [0.5, 0.6) is 5.75 Å². The van der Waals surface area contributed by atoms with E-state index in [9.17, 15) is 4.79 Å². The molecule has 1 aromatic carbocycles. The van der Waals surface area contributed by atoms with Crippen molar-refractivity contribution in [2.45, 2.75) is 26.8 Å². The fraction of sp³-hybridized carbons (Fsp3) is 0.312. The molecule has 0 unspecified atom stereocenters. The Hall–Kier alpha value is -2.81. The zero-order valence-electron chi connectivity index (χ0n) is 14.2. The first-order chi connectivity index (χ1) is 12.1. The number of carbonyl (C=O) groups is 1. The van der Waals surface area contributed by atoms with Crippen LogP contribution in [-0.4, -0.2) is 38.2 Å². The van der Waals surface area contributed by atoms with E-state index in [0.29, 0.717) is 11.7 Å². The van der Waals surface area contributed by atoms with E-state index in [-0.39, 0.29) is 12.3 Å². The summed E-state index contributed by atoms with van der Waals surface area (Å²) in [5.74, 6) is 0.728. The average molecular weight is 358 g/mol. The predicted octanol–water partition coefficient (Wildman–Crippen LogP) is 2.45. The molecule has 1 amide bonds. The van der Waals surface area contributed by atoms with Crippen LogP contribution < -0.4 is 10.1 Å². The van der Waals surface area contributed by atoms with Crippen molar-refractivity contribution in [2.75, 3.05) is 12.4 Å². The van der Waals surface area contributed by atoms with Gasteiger partial charge in [0.25, 0.3) is 0 Å². The van der Waals surface area contributed by atoms with Gasteiger partial charge in [-0.25, -0.2) is 9.67 Å². The second-order valence-electron chi connectivity index (χ2n) is 5.55. The van der Waals surface area contributed by atoms with Crippen LogP contribution in [0.4, 0.5) is 5.13 Å². The first-order valence-electron chi connectivity index (χ1n) is 7.68. The third kappa shape index (κ3) is 4.00. The minimum Gasteiger partial charge on any atom is -0.496 e. The van der Waals surface area contributed by atoms with Gasteiger partial charge in [-0.15, -0.1) is 16.4 Å². The molecular formula is C16H18N6O2S. The second kappa shape index (κ2) is 7.39. The van der Waals surface area contributed by atoms with Gasteiger partial charge in [-0.3, -0.25) is 4.79 Å². The summed E-state index contributed by atoms with van der Waals surface area (Å²) in [7, 11) is 1.66. The van der Waals surface area contributed by atoms with Crippen molar-refractivity contribution in [1.29, 1.82) is 0 Å². The third-order valence-electron chi connectivity index (χ3n) is 3.73. The number of tetrazole rings is 1. The predicted molar refractivity (Wildman–Crippen MR) is 94.6 cm³/mol. The zero-order valence-corrected chi connectivity index (χ0v) is 15.0. The lowest BCUT2D eigenvalue weighted by Crippen LogP contribution is -2.14. The van der Waals surface area contributed by atoms with Crippen LogP contribution in [0, 0.1) is 13.8 Å². The maximum atomic E-state index is 12.0. The van der Waals surface area contributed by atoms with Gasteiger partial charge >= 0.3 is 0 Å². The van der Waals surface area contributed by atoms with E-state index in [0.717, 1.165) is 28.1 Å². The molecule has 0 saturated heterocycles. The molecule has 0 radical (unpaired) electrons. The summed E-state index contributed by atoms with van der Waals surface area (Å²) in [6, 6.07) is 4.04. The number of hydrogen-bond acceptors (Lipinski definition) is 7. The Morgan fingerprint density at radius 1 is 1.32 bits per heavy atom. The van der Waals surface area contributed by atoms with E-state index in [1.54, 1.807) is 7.11 Å². The number of amides is 1. The lowest BCUT2D eigenvalue weighted by Gasteiger charge is -2.09. The summed E-state index contributed by atoms with van der Waals surface area (Å²) in [6.07, 6.45) is 1.75. The van der Waals surface area contributed by atoms with Crippen molar-refractivity contribution >= 4 is 22.4 Å². The van der Waals surface area contributed by atoms with Gasteiger partial charge in [-0.2, -0.15) is 0 Å². The van der Waals surface area contributed by atoms with Crippen molar-refractivity contribution in [2.24, 2.45) is 0 Å². The van der Waals surface area contributed by atoms with Crippen molar-refractivity contribution in [3.05, 3.63) is 35.0 Å². The van der Waals surface area contributed by atoms with Gasteiger partial charge in [-0.1, -0.05) is 0 Å². The molecule has 8 nitrogen and oxygen atoms in total. The highest BCUT2D eigenvalue weighted by Gasteiger charge is 2.12. The highest BCUT2D eigenvalue weighted by atomic mass is 32.1. The number of rotatable bonds is 6. The number of aryl methyl sites for hydroxylation is 3. The smallest absolute Gasteiger partial charge is 0.228 e. The molecule has 0 aliphatic heterocycles. The molecule has 3 rings (SSSR count). The largest absolute Gasteiger partial charge is 0.496 e. The number of methoxy groups -OCH3 is 1. The molecule has 0 saturated carbocycles. The van der Waals surface area contributed by atoms with Crippen molar-refractivity contribution in [1.82, 2.24) is 25.2 Å². The van der Waals surface area contributed by atoms with Gasteiger partial charge in [0.1, 0.15) is 12.1 Å². The van der Waals surface area contributed by atoms with E-state index in [2.05, 4.69) is 25.8 Å². The Morgan fingerprint density at radius 2 is 2.16 bits per heavy atom. The third-order valence-corrected chi connectivity index (χ3v) is 4.49. The number of benzene rings is 1. The first-order valence-corrected chi connectivity index (χ1v) is 8.56. The minimum absolute atomic E-state index is 0.126. The highest BCUT2D eigenvalue weighted by Crippen LogP contribution is 2.32. The number of thiazole rings is 1. The maximum absolute atomic E-state index is 12.0. The number of anilines is 1. The molecule has 25 heavy (non-hydrogen) atoms. The molecule has 1 N–H and O–H groups in total.